The highest BCUT2D eigenvalue weighted by Crippen LogP contribution is 2.46. The molecular weight excluding hydrogens is 437 g/mol. The number of carbonyl (C=O) groups is 2. The average Bonchev–Trinajstić information content (AvgIpc) is 3.52. The van der Waals surface area contributed by atoms with E-state index >= 15 is 0 Å². The second-order valence-corrected chi connectivity index (χ2v) is 8.64. The summed E-state index contributed by atoms with van der Waals surface area (Å²) in [6.07, 6.45) is 0.372. The number of hydrogen-bond acceptors (Lipinski definition) is 4. The summed E-state index contributed by atoms with van der Waals surface area (Å²) in [4.78, 5) is 33.5. The number of fused-ring (bicyclic) bond motifs is 5. The molecule has 0 radical (unpaired) electrons. The van der Waals surface area contributed by atoms with Crippen molar-refractivity contribution < 1.29 is 23.5 Å². The summed E-state index contributed by atoms with van der Waals surface area (Å²) in [5.74, 6) is 0.360. The highest BCUT2D eigenvalue weighted by Gasteiger charge is 2.53. The van der Waals surface area contributed by atoms with Crippen LogP contribution >= 0.6 is 0 Å². The van der Waals surface area contributed by atoms with Crippen LogP contribution in [0.15, 0.2) is 66.7 Å². The van der Waals surface area contributed by atoms with Gasteiger partial charge in [-0.2, -0.15) is 0 Å². The van der Waals surface area contributed by atoms with Crippen molar-refractivity contribution in [1.29, 1.82) is 0 Å². The van der Waals surface area contributed by atoms with Crippen molar-refractivity contribution in [2.24, 2.45) is 0 Å². The Labute approximate surface area is 193 Å². The first-order valence-electron chi connectivity index (χ1n) is 11.0. The first-order valence-corrected chi connectivity index (χ1v) is 11.0. The number of amides is 3. The second kappa shape index (κ2) is 6.84. The summed E-state index contributed by atoms with van der Waals surface area (Å²) < 4.78 is 25.0. The van der Waals surface area contributed by atoms with E-state index in [4.69, 9.17) is 9.47 Å². The van der Waals surface area contributed by atoms with Gasteiger partial charge in [-0.05, 0) is 47.5 Å². The number of halogens is 1. The molecule has 1 N–H and O–H groups in total. The molecule has 7 rings (SSSR count). The largest absolute Gasteiger partial charge is 0.454 e. The van der Waals surface area contributed by atoms with Crippen molar-refractivity contribution in [2.75, 3.05) is 11.7 Å². The molecule has 3 aromatic carbocycles. The van der Waals surface area contributed by atoms with Crippen LogP contribution in [0, 0.1) is 5.82 Å². The molecule has 1 aromatic heterocycles. The summed E-state index contributed by atoms with van der Waals surface area (Å²) in [6, 6.07) is 17.3. The summed E-state index contributed by atoms with van der Waals surface area (Å²) >= 11 is 0. The van der Waals surface area contributed by atoms with Crippen LogP contribution < -0.4 is 14.4 Å². The fourth-order valence-electron chi connectivity index (χ4n) is 5.36. The number of urea groups is 1. The molecule has 0 spiro atoms. The molecule has 3 aliphatic rings. The lowest BCUT2D eigenvalue weighted by Crippen LogP contribution is -2.44. The van der Waals surface area contributed by atoms with Crippen LogP contribution in [0.3, 0.4) is 0 Å². The Bertz CT molecular complexity index is 1510. The quantitative estimate of drug-likeness (QED) is 0.451. The summed E-state index contributed by atoms with van der Waals surface area (Å²) in [5.41, 5.74) is 3.83. The number of rotatable bonds is 2. The molecule has 3 aliphatic heterocycles. The molecule has 0 bridgehead atoms. The molecule has 8 heteroatoms. The van der Waals surface area contributed by atoms with Crippen LogP contribution in [0.4, 0.5) is 14.9 Å². The molecule has 1 fully saturated rings. The smallest absolute Gasteiger partial charge is 0.332 e. The van der Waals surface area contributed by atoms with Gasteiger partial charge in [0.2, 0.25) is 6.79 Å². The number of ether oxygens (including phenoxy) is 2. The number of hydrogen-bond donors (Lipinski definition) is 1. The van der Waals surface area contributed by atoms with Crippen molar-refractivity contribution >= 4 is 28.5 Å². The standard InChI is InChI=1S/C26H18FN3O4/c27-15-4-3-5-16(11-15)29-25(31)20-12-18-17-6-1-2-7-19(17)28-23(18)24(30(20)26(29)32)14-8-9-21-22(10-14)34-13-33-21/h1-11,20,24,28H,12-13H2/t20-,24+/m0/s1. The topological polar surface area (TPSA) is 74.9 Å². The Hall–Kier alpha value is -4.33. The number of aromatic nitrogens is 1. The van der Waals surface area contributed by atoms with E-state index in [0.29, 0.717) is 17.9 Å². The van der Waals surface area contributed by atoms with Crippen LogP contribution in [0.25, 0.3) is 10.9 Å². The predicted molar refractivity (Wildman–Crippen MR) is 121 cm³/mol. The number of aromatic amines is 1. The summed E-state index contributed by atoms with van der Waals surface area (Å²) in [5, 5.41) is 1.02. The fourth-order valence-corrected chi connectivity index (χ4v) is 5.36. The van der Waals surface area contributed by atoms with Crippen LogP contribution in [0.2, 0.25) is 0 Å². The third-order valence-electron chi connectivity index (χ3n) is 6.83. The lowest BCUT2D eigenvalue weighted by molar-refractivity contribution is -0.120. The second-order valence-electron chi connectivity index (χ2n) is 8.64. The van der Waals surface area contributed by atoms with Gasteiger partial charge in [0.25, 0.3) is 5.91 Å². The average molecular weight is 455 g/mol. The molecule has 1 saturated heterocycles. The number of carbonyl (C=O) groups excluding carboxylic acids is 2. The SMILES string of the molecule is O=C1[C@@H]2Cc3c([nH]c4ccccc34)[C@@H](c3ccc4c(c3)OCO4)N2C(=O)N1c1cccc(F)c1. The van der Waals surface area contributed by atoms with Crippen molar-refractivity contribution in [1.82, 2.24) is 9.88 Å². The predicted octanol–water partition coefficient (Wildman–Crippen LogP) is 4.52. The van der Waals surface area contributed by atoms with E-state index in [1.165, 1.54) is 18.2 Å². The Kier molecular flexibility index (Phi) is 3.85. The number of para-hydroxylation sites is 1. The Morgan fingerprint density at radius 1 is 0.941 bits per heavy atom. The first-order chi connectivity index (χ1) is 16.6. The van der Waals surface area contributed by atoms with E-state index in [2.05, 4.69) is 4.98 Å². The van der Waals surface area contributed by atoms with Gasteiger partial charge in [0, 0.05) is 23.0 Å². The number of H-pyrrole nitrogens is 1. The number of benzene rings is 3. The van der Waals surface area contributed by atoms with Crippen molar-refractivity contribution in [3.8, 4) is 11.5 Å². The maximum atomic E-state index is 14.0. The van der Waals surface area contributed by atoms with E-state index in [-0.39, 0.29) is 18.4 Å². The van der Waals surface area contributed by atoms with Crippen molar-refractivity contribution in [2.45, 2.75) is 18.5 Å². The molecular formula is C26H18FN3O4. The summed E-state index contributed by atoms with van der Waals surface area (Å²) in [7, 11) is 0. The van der Waals surface area contributed by atoms with Gasteiger partial charge in [0.15, 0.2) is 11.5 Å². The zero-order valence-corrected chi connectivity index (χ0v) is 17.8. The van der Waals surface area contributed by atoms with Gasteiger partial charge in [0.05, 0.1) is 5.69 Å². The van der Waals surface area contributed by atoms with Gasteiger partial charge in [-0.1, -0.05) is 30.3 Å². The first kappa shape index (κ1) is 19.2. The lowest BCUT2D eigenvalue weighted by atomic mass is 9.88. The van der Waals surface area contributed by atoms with Gasteiger partial charge in [-0.15, -0.1) is 0 Å². The molecule has 168 valence electrons. The lowest BCUT2D eigenvalue weighted by Gasteiger charge is -2.36. The molecule has 4 aromatic rings. The maximum Gasteiger partial charge on any atom is 0.332 e. The zero-order valence-electron chi connectivity index (χ0n) is 17.8. The normalized spacial score (nSPS) is 20.7. The van der Waals surface area contributed by atoms with Gasteiger partial charge in [0.1, 0.15) is 17.9 Å². The minimum Gasteiger partial charge on any atom is -0.454 e. The highest BCUT2D eigenvalue weighted by molar-refractivity contribution is 6.22. The number of imide groups is 1. The van der Waals surface area contributed by atoms with Crippen molar-refractivity contribution in [3.05, 3.63) is 89.4 Å². The zero-order chi connectivity index (χ0) is 23.0. The van der Waals surface area contributed by atoms with Crippen molar-refractivity contribution in [3.63, 3.8) is 0 Å². The number of nitrogens with one attached hydrogen (secondary N) is 1. The number of nitrogens with zero attached hydrogens (tertiary/aromatic N) is 2. The Balaban J connectivity index is 1.43. The van der Waals surface area contributed by atoms with Gasteiger partial charge in [-0.25, -0.2) is 14.1 Å². The third-order valence-corrected chi connectivity index (χ3v) is 6.83. The van der Waals surface area contributed by atoms with E-state index in [0.717, 1.165) is 32.6 Å². The van der Waals surface area contributed by atoms with Crippen LogP contribution in [0.5, 0.6) is 11.5 Å². The molecule has 0 aliphatic carbocycles. The van der Waals surface area contributed by atoms with E-state index in [9.17, 15) is 14.0 Å². The summed E-state index contributed by atoms with van der Waals surface area (Å²) in [6.45, 7) is 0.137. The Morgan fingerprint density at radius 3 is 2.68 bits per heavy atom. The van der Waals surface area contributed by atoms with E-state index in [1.54, 1.807) is 11.0 Å². The maximum absolute atomic E-state index is 14.0. The minimum absolute atomic E-state index is 0.137. The molecule has 2 atom stereocenters. The van der Waals surface area contributed by atoms with E-state index in [1.807, 2.05) is 42.5 Å². The third kappa shape index (κ3) is 2.56. The Morgan fingerprint density at radius 2 is 1.79 bits per heavy atom. The van der Waals surface area contributed by atoms with Gasteiger partial charge in [-0.3, -0.25) is 9.69 Å². The highest BCUT2D eigenvalue weighted by atomic mass is 19.1. The molecule has 0 saturated carbocycles. The fraction of sp³-hybridized carbons (Fsp3) is 0.154. The minimum atomic E-state index is -0.710. The number of anilines is 1. The molecule has 4 heterocycles. The van der Waals surface area contributed by atoms with Crippen LogP contribution in [0.1, 0.15) is 22.9 Å². The molecule has 34 heavy (non-hydrogen) atoms. The van der Waals surface area contributed by atoms with Gasteiger partial charge < -0.3 is 14.5 Å². The van der Waals surface area contributed by atoms with Crippen LogP contribution in [-0.4, -0.2) is 34.7 Å². The monoisotopic (exact) mass is 455 g/mol. The van der Waals surface area contributed by atoms with Gasteiger partial charge >= 0.3 is 6.03 Å². The van der Waals surface area contributed by atoms with E-state index < -0.39 is 23.9 Å². The van der Waals surface area contributed by atoms with Crippen LogP contribution in [-0.2, 0) is 11.2 Å². The molecule has 7 nitrogen and oxygen atoms in total. The molecule has 3 amide bonds. The molecule has 0 unspecified atom stereocenters.